The third kappa shape index (κ3) is 6.43. The second kappa shape index (κ2) is 12.3. The molecule has 0 bridgehead atoms. The van der Waals surface area contributed by atoms with E-state index in [0.717, 1.165) is 17.2 Å². The molecule has 262 valence electrons. The van der Waals surface area contributed by atoms with Crippen molar-refractivity contribution < 1.29 is 41.1 Å². The number of urea groups is 1. The Morgan fingerprint density at radius 3 is 2.44 bits per heavy atom. The fraction of sp³-hybridized carbons (Fsp3) is 0.294. The molecule has 0 spiro atoms. The van der Waals surface area contributed by atoms with Gasteiger partial charge in [-0.3, -0.25) is 9.52 Å². The predicted molar refractivity (Wildman–Crippen MR) is 185 cm³/mol. The number of nitrogens with one attached hydrogen (secondary N) is 3. The monoisotopic (exact) mass is 721 g/mol. The number of amidine groups is 1. The predicted octanol–water partition coefficient (Wildman–Crippen LogP) is 5.05. The Morgan fingerprint density at radius 1 is 1.08 bits per heavy atom. The molecule has 50 heavy (non-hydrogen) atoms. The van der Waals surface area contributed by atoms with Crippen molar-refractivity contribution in [2.24, 2.45) is 9.81 Å². The molecule has 6 rings (SSSR count). The number of amides is 3. The number of carbonyl (C=O) groups excluding carboxylic acids is 3. The van der Waals surface area contributed by atoms with E-state index in [0.29, 0.717) is 12.0 Å². The van der Waals surface area contributed by atoms with E-state index in [1.54, 1.807) is 48.5 Å². The lowest BCUT2D eigenvalue weighted by atomic mass is 9.70. The molecule has 3 amide bonds. The van der Waals surface area contributed by atoms with Crippen molar-refractivity contribution >= 4 is 60.9 Å². The van der Waals surface area contributed by atoms with Crippen LogP contribution in [-0.4, -0.2) is 63.4 Å². The Bertz CT molecular complexity index is 2210. The lowest BCUT2D eigenvalue weighted by Gasteiger charge is -2.41. The van der Waals surface area contributed by atoms with Crippen molar-refractivity contribution in [2.75, 3.05) is 22.9 Å². The third-order valence-electron chi connectivity index (χ3n) is 8.60. The number of sulfonamides is 2. The van der Waals surface area contributed by atoms with Gasteiger partial charge in [-0.1, -0.05) is 75.4 Å². The number of rotatable bonds is 7. The van der Waals surface area contributed by atoms with E-state index < -0.39 is 66.7 Å². The topological polar surface area (TPSA) is 201 Å². The molecular formula is C34H35N5O9S2. The van der Waals surface area contributed by atoms with Crippen LogP contribution in [0, 0.1) is 5.41 Å². The largest absolute Gasteiger partial charge is 0.506 e. The highest BCUT2D eigenvalue weighted by Gasteiger charge is 2.53. The van der Waals surface area contributed by atoms with Crippen LogP contribution < -0.4 is 15.4 Å². The lowest BCUT2D eigenvalue weighted by Crippen LogP contribution is -2.59. The quantitative estimate of drug-likeness (QED) is 0.256. The molecule has 1 unspecified atom stereocenters. The molecule has 0 aromatic heterocycles. The maximum absolute atomic E-state index is 15.0. The highest BCUT2D eigenvalue weighted by atomic mass is 32.2. The van der Waals surface area contributed by atoms with Gasteiger partial charge in [0.1, 0.15) is 34.4 Å². The number of benzene rings is 3. The number of ether oxygens (including phenoxy) is 1. The van der Waals surface area contributed by atoms with Crippen LogP contribution in [0.5, 0.6) is 0 Å². The lowest BCUT2D eigenvalue weighted by molar-refractivity contribution is -0.122. The van der Waals surface area contributed by atoms with E-state index in [2.05, 4.69) is 19.8 Å². The van der Waals surface area contributed by atoms with Gasteiger partial charge in [-0.2, -0.15) is 8.42 Å². The van der Waals surface area contributed by atoms with Gasteiger partial charge in [0.25, 0.3) is 10.0 Å². The molecule has 1 aliphatic carbocycles. The molecule has 2 heterocycles. The molecule has 4 N–H and O–H groups in total. The van der Waals surface area contributed by atoms with E-state index in [1.165, 1.54) is 18.2 Å². The maximum Gasteiger partial charge on any atom is 0.418 e. The molecule has 2 atom stereocenters. The minimum Gasteiger partial charge on any atom is -0.506 e. The molecule has 16 heteroatoms. The minimum atomic E-state index is -4.56. The summed E-state index contributed by atoms with van der Waals surface area (Å²) in [6.45, 7) is 5.73. The van der Waals surface area contributed by atoms with E-state index in [-0.39, 0.29) is 45.8 Å². The van der Waals surface area contributed by atoms with Crippen LogP contribution in [0.3, 0.4) is 0 Å². The maximum atomic E-state index is 15.0. The summed E-state index contributed by atoms with van der Waals surface area (Å²) in [7, 11) is -8.29. The van der Waals surface area contributed by atoms with Crippen LogP contribution in [0.15, 0.2) is 87.7 Å². The van der Waals surface area contributed by atoms with Gasteiger partial charge in [0.2, 0.25) is 10.0 Å². The number of nitrogens with zero attached hydrogens (tertiary/aromatic N) is 2. The number of aliphatic hydroxyl groups is 1. The SMILES string of the molecule is CC(C)(C)CCC1(NC(=O)N2C(=O)OC[C@H]2c2ccccc2)C(=O)C(C2=NS(=O)(=O)c3cc(NS(C)(=O)=O)ccc3N2)=C(O)c2ccccc21. The molecule has 0 saturated carbocycles. The summed E-state index contributed by atoms with van der Waals surface area (Å²) >= 11 is 0. The average Bonchev–Trinajstić information content (AvgIpc) is 3.43. The highest BCUT2D eigenvalue weighted by Crippen LogP contribution is 2.45. The van der Waals surface area contributed by atoms with E-state index in [4.69, 9.17) is 4.74 Å². The standard InChI is InChI=1S/C34H35N5O9S2/c1-33(2,3)16-17-34(36-31(42)39-25(19-48-32(39)43)20-10-6-5-7-11-20)23-13-9-8-12-22(23)28(40)27(29(34)41)30-35-24-15-14-21(37-49(4,44)45)18-26(24)50(46,47)38-30/h5-15,18,25,37,40H,16-17,19H2,1-4H3,(H,35,38)(H,36,42)/t25-,34?/m0/s1. The Balaban J connectivity index is 1.47. The number of fused-ring (bicyclic) bond motifs is 2. The molecule has 1 saturated heterocycles. The first-order valence-corrected chi connectivity index (χ1v) is 18.9. The zero-order valence-corrected chi connectivity index (χ0v) is 29.2. The molecular weight excluding hydrogens is 687 g/mol. The molecule has 3 aromatic carbocycles. The van der Waals surface area contributed by atoms with Gasteiger partial charge < -0.3 is 20.5 Å². The van der Waals surface area contributed by atoms with Crippen molar-refractivity contribution in [3.05, 3.63) is 95.1 Å². The molecule has 3 aromatic rings. The van der Waals surface area contributed by atoms with Gasteiger partial charge in [-0.05, 0) is 47.6 Å². The first-order chi connectivity index (χ1) is 23.4. The summed E-state index contributed by atoms with van der Waals surface area (Å²) in [5.41, 5.74) is -1.84. The fourth-order valence-electron chi connectivity index (χ4n) is 6.21. The van der Waals surface area contributed by atoms with E-state index in [1.807, 2.05) is 20.8 Å². The van der Waals surface area contributed by atoms with Crippen LogP contribution in [0.1, 0.15) is 56.3 Å². The van der Waals surface area contributed by atoms with Crippen molar-refractivity contribution in [2.45, 2.75) is 50.1 Å². The summed E-state index contributed by atoms with van der Waals surface area (Å²) < 4.78 is 61.9. The van der Waals surface area contributed by atoms with Crippen molar-refractivity contribution in [1.29, 1.82) is 0 Å². The number of hydrogen-bond donors (Lipinski definition) is 4. The Hall–Kier alpha value is -5.22. The Morgan fingerprint density at radius 2 is 1.76 bits per heavy atom. The van der Waals surface area contributed by atoms with Gasteiger partial charge in [0, 0.05) is 11.3 Å². The number of cyclic esters (lactones) is 1. The second-order valence-corrected chi connectivity index (χ2v) is 16.8. The number of Topliss-reactive ketones (excluding diaryl/α,β-unsaturated/α-hetero) is 1. The highest BCUT2D eigenvalue weighted by molar-refractivity contribution is 7.92. The number of aliphatic hydroxyl groups excluding tert-OH is 1. The van der Waals surface area contributed by atoms with Crippen LogP contribution in [0.4, 0.5) is 21.0 Å². The number of hydrogen-bond acceptors (Lipinski definition) is 10. The molecule has 2 aliphatic heterocycles. The smallest absolute Gasteiger partial charge is 0.418 e. The van der Waals surface area contributed by atoms with E-state index >= 15 is 0 Å². The summed E-state index contributed by atoms with van der Waals surface area (Å²) in [5.74, 6) is -1.94. The van der Waals surface area contributed by atoms with Crippen LogP contribution >= 0.6 is 0 Å². The summed E-state index contributed by atoms with van der Waals surface area (Å²) in [4.78, 5) is 42.8. The van der Waals surface area contributed by atoms with Crippen molar-refractivity contribution in [3.63, 3.8) is 0 Å². The fourth-order valence-corrected chi connectivity index (χ4v) is 7.91. The number of anilines is 2. The number of ketones is 1. The summed E-state index contributed by atoms with van der Waals surface area (Å²) in [6, 6.07) is 17.1. The van der Waals surface area contributed by atoms with Crippen molar-refractivity contribution in [1.82, 2.24) is 10.2 Å². The zero-order chi connectivity index (χ0) is 36.2. The van der Waals surface area contributed by atoms with Crippen LogP contribution in [-0.2, 0) is 35.1 Å². The summed E-state index contributed by atoms with van der Waals surface area (Å²) in [5, 5.41) is 17.3. The van der Waals surface area contributed by atoms with Crippen LogP contribution in [0.25, 0.3) is 5.76 Å². The molecule has 0 radical (unpaired) electrons. The normalized spacial score (nSPS) is 21.4. The van der Waals surface area contributed by atoms with Gasteiger partial charge in [-0.25, -0.2) is 22.9 Å². The van der Waals surface area contributed by atoms with Crippen molar-refractivity contribution in [3.8, 4) is 0 Å². The first kappa shape index (κ1) is 34.6. The van der Waals surface area contributed by atoms with Gasteiger partial charge in [0.15, 0.2) is 11.6 Å². The number of carbonyl (C=O) groups is 3. The van der Waals surface area contributed by atoms with Gasteiger partial charge >= 0.3 is 12.1 Å². The second-order valence-electron chi connectivity index (χ2n) is 13.5. The molecule has 1 fully saturated rings. The Labute approximate surface area is 289 Å². The molecule has 14 nitrogen and oxygen atoms in total. The van der Waals surface area contributed by atoms with Gasteiger partial charge in [-0.15, -0.1) is 4.40 Å². The number of imide groups is 1. The van der Waals surface area contributed by atoms with E-state index in [9.17, 15) is 36.3 Å². The zero-order valence-electron chi connectivity index (χ0n) is 27.6. The first-order valence-electron chi connectivity index (χ1n) is 15.6. The minimum absolute atomic E-state index is 0.00903. The van der Waals surface area contributed by atoms with Gasteiger partial charge in [0.05, 0.1) is 11.9 Å². The summed E-state index contributed by atoms with van der Waals surface area (Å²) in [6.07, 6.45) is 0.357. The average molecular weight is 722 g/mol. The molecule has 3 aliphatic rings. The van der Waals surface area contributed by atoms with Crippen LogP contribution in [0.2, 0.25) is 0 Å². The third-order valence-corrected chi connectivity index (χ3v) is 10.5. The Kier molecular flexibility index (Phi) is 8.51.